The zero-order valence-corrected chi connectivity index (χ0v) is 12.5. The Morgan fingerprint density at radius 3 is 2.33 bits per heavy atom. The van der Waals surface area contributed by atoms with Gasteiger partial charge < -0.3 is 10.4 Å². The van der Waals surface area contributed by atoms with Crippen molar-refractivity contribution in [3.8, 4) is 0 Å². The van der Waals surface area contributed by atoms with E-state index in [9.17, 15) is 9.59 Å². The van der Waals surface area contributed by atoms with Gasteiger partial charge in [-0.25, -0.2) is 4.79 Å². The molecule has 108 valence electrons. The maximum absolute atomic E-state index is 12.3. The highest BCUT2D eigenvalue weighted by atomic mass is 35.5. The lowest BCUT2D eigenvalue weighted by Crippen LogP contribution is -2.16. The summed E-state index contributed by atoms with van der Waals surface area (Å²) in [5.41, 5.74) is 0.976. The van der Waals surface area contributed by atoms with Crippen LogP contribution in [0.1, 0.15) is 26.3 Å². The van der Waals surface area contributed by atoms with Crippen LogP contribution in [-0.4, -0.2) is 17.0 Å². The first-order valence-corrected chi connectivity index (χ1v) is 6.75. The van der Waals surface area contributed by atoms with Crippen LogP contribution in [0.3, 0.4) is 0 Å². The van der Waals surface area contributed by atoms with Gasteiger partial charge >= 0.3 is 5.97 Å². The molecule has 0 aliphatic rings. The van der Waals surface area contributed by atoms with Crippen molar-refractivity contribution >= 4 is 40.8 Å². The number of halogens is 2. The molecule has 2 rings (SSSR count). The molecule has 2 aromatic rings. The van der Waals surface area contributed by atoms with E-state index in [1.807, 2.05) is 0 Å². The highest BCUT2D eigenvalue weighted by Gasteiger charge is 2.18. The number of aryl methyl sites for hydroxylation is 1. The van der Waals surface area contributed by atoms with Crippen LogP contribution in [0, 0.1) is 6.92 Å². The van der Waals surface area contributed by atoms with Crippen LogP contribution in [0.5, 0.6) is 0 Å². The van der Waals surface area contributed by atoms with Gasteiger partial charge in [0, 0.05) is 0 Å². The van der Waals surface area contributed by atoms with Crippen molar-refractivity contribution in [2.24, 2.45) is 0 Å². The van der Waals surface area contributed by atoms with E-state index in [0.29, 0.717) is 5.02 Å². The lowest BCUT2D eigenvalue weighted by Gasteiger charge is -2.11. The second-order valence-corrected chi connectivity index (χ2v) is 5.14. The van der Waals surface area contributed by atoms with E-state index >= 15 is 0 Å². The van der Waals surface area contributed by atoms with Crippen LogP contribution in [0.2, 0.25) is 10.0 Å². The minimum Gasteiger partial charge on any atom is -0.478 e. The van der Waals surface area contributed by atoms with E-state index < -0.39 is 11.9 Å². The Balaban J connectivity index is 2.41. The van der Waals surface area contributed by atoms with Gasteiger partial charge in [-0.15, -0.1) is 0 Å². The molecule has 0 aliphatic heterocycles. The maximum atomic E-state index is 12.3. The third kappa shape index (κ3) is 3.17. The van der Waals surface area contributed by atoms with Crippen LogP contribution < -0.4 is 5.32 Å². The molecule has 0 radical (unpaired) electrons. The number of hydrogen-bond acceptors (Lipinski definition) is 2. The number of benzene rings is 2. The Bertz CT molecular complexity index is 729. The number of nitrogens with one attached hydrogen (secondary N) is 1. The number of carbonyl (C=O) groups is 2. The first-order chi connectivity index (χ1) is 9.91. The number of para-hydroxylation sites is 1. The molecule has 6 heteroatoms. The van der Waals surface area contributed by atoms with Crippen LogP contribution in [0.4, 0.5) is 5.69 Å². The quantitative estimate of drug-likeness (QED) is 0.887. The summed E-state index contributed by atoms with van der Waals surface area (Å²) in [5, 5.41) is 12.1. The van der Waals surface area contributed by atoms with Gasteiger partial charge in [-0.05, 0) is 30.7 Å². The van der Waals surface area contributed by atoms with Crippen molar-refractivity contribution in [1.29, 1.82) is 0 Å². The molecule has 1 amide bonds. The summed E-state index contributed by atoms with van der Waals surface area (Å²) < 4.78 is 0. The van der Waals surface area contributed by atoms with E-state index in [4.69, 9.17) is 28.3 Å². The molecule has 0 aromatic heterocycles. The fraction of sp³-hybridized carbons (Fsp3) is 0.0667. The van der Waals surface area contributed by atoms with Crippen molar-refractivity contribution in [2.75, 3.05) is 5.32 Å². The fourth-order valence-corrected chi connectivity index (χ4v) is 2.27. The summed E-state index contributed by atoms with van der Waals surface area (Å²) in [6, 6.07) is 9.39. The van der Waals surface area contributed by atoms with E-state index in [1.54, 1.807) is 25.1 Å². The van der Waals surface area contributed by atoms with Crippen molar-refractivity contribution in [1.82, 2.24) is 0 Å². The molecule has 4 nitrogen and oxygen atoms in total. The molecule has 2 aromatic carbocycles. The van der Waals surface area contributed by atoms with E-state index in [2.05, 4.69) is 5.32 Å². The normalized spacial score (nSPS) is 10.2. The predicted molar refractivity (Wildman–Crippen MR) is 82.6 cm³/mol. The standard InChI is InChI=1S/C15H11Cl2NO3/c1-8-4-2-5-9(12(8)17)14(19)18-13-10(15(20)21)6-3-7-11(13)16/h2-7H,1H3,(H,18,19)(H,20,21). The molecule has 0 saturated carbocycles. The zero-order chi connectivity index (χ0) is 15.6. The summed E-state index contributed by atoms with van der Waals surface area (Å²) >= 11 is 12.1. The molecule has 0 heterocycles. The van der Waals surface area contributed by atoms with Gasteiger partial charge in [-0.2, -0.15) is 0 Å². The number of amides is 1. The number of anilines is 1. The smallest absolute Gasteiger partial charge is 0.337 e. The Morgan fingerprint density at radius 1 is 1.05 bits per heavy atom. The Hall–Kier alpha value is -2.04. The number of carbonyl (C=O) groups excluding carboxylic acids is 1. The molecule has 0 bridgehead atoms. The molecule has 0 spiro atoms. The molecule has 0 unspecified atom stereocenters. The molecule has 0 aliphatic carbocycles. The SMILES string of the molecule is Cc1cccc(C(=O)Nc2c(Cl)cccc2C(=O)O)c1Cl. The minimum absolute atomic E-state index is 0.0502. The fourth-order valence-electron chi connectivity index (χ4n) is 1.83. The van der Waals surface area contributed by atoms with Crippen molar-refractivity contribution in [3.63, 3.8) is 0 Å². The highest BCUT2D eigenvalue weighted by Crippen LogP contribution is 2.28. The Labute approximate surface area is 131 Å². The van der Waals surface area contributed by atoms with E-state index in [0.717, 1.165) is 5.56 Å². The predicted octanol–water partition coefficient (Wildman–Crippen LogP) is 4.25. The number of rotatable bonds is 3. The average Bonchev–Trinajstić information content (AvgIpc) is 2.43. The summed E-state index contributed by atoms with van der Waals surface area (Å²) in [6.45, 7) is 1.78. The van der Waals surface area contributed by atoms with E-state index in [-0.39, 0.29) is 21.8 Å². The van der Waals surface area contributed by atoms with Gasteiger partial charge in [0.2, 0.25) is 0 Å². The number of hydrogen-bond donors (Lipinski definition) is 2. The minimum atomic E-state index is -1.18. The summed E-state index contributed by atoms with van der Waals surface area (Å²) in [5.74, 6) is -1.69. The molecule has 0 fully saturated rings. The van der Waals surface area contributed by atoms with Crippen LogP contribution in [0.25, 0.3) is 0 Å². The largest absolute Gasteiger partial charge is 0.478 e. The Morgan fingerprint density at radius 2 is 1.67 bits per heavy atom. The Kier molecular flexibility index (Phi) is 4.50. The second-order valence-electron chi connectivity index (χ2n) is 4.36. The second kappa shape index (κ2) is 6.16. The van der Waals surface area contributed by atoms with Crippen LogP contribution in [-0.2, 0) is 0 Å². The van der Waals surface area contributed by atoms with E-state index in [1.165, 1.54) is 18.2 Å². The highest BCUT2D eigenvalue weighted by molar-refractivity contribution is 6.37. The van der Waals surface area contributed by atoms with Gasteiger partial charge in [0.05, 0.1) is 26.9 Å². The molecule has 0 saturated heterocycles. The van der Waals surface area contributed by atoms with Gasteiger partial charge in [0.15, 0.2) is 0 Å². The van der Waals surface area contributed by atoms with Gasteiger partial charge in [0.25, 0.3) is 5.91 Å². The lowest BCUT2D eigenvalue weighted by atomic mass is 10.1. The third-order valence-corrected chi connectivity index (χ3v) is 3.74. The topological polar surface area (TPSA) is 66.4 Å². The zero-order valence-electron chi connectivity index (χ0n) is 11.0. The average molecular weight is 324 g/mol. The summed E-state index contributed by atoms with van der Waals surface area (Å²) in [4.78, 5) is 23.4. The van der Waals surface area contributed by atoms with Gasteiger partial charge in [-0.3, -0.25) is 4.79 Å². The number of aromatic carboxylic acids is 1. The first-order valence-electron chi connectivity index (χ1n) is 6.00. The number of carboxylic acids is 1. The summed E-state index contributed by atoms with van der Waals surface area (Å²) in [6.07, 6.45) is 0. The van der Waals surface area contributed by atoms with Crippen LogP contribution in [0.15, 0.2) is 36.4 Å². The maximum Gasteiger partial charge on any atom is 0.337 e. The van der Waals surface area contributed by atoms with Gasteiger partial charge in [0.1, 0.15) is 0 Å². The molecule has 2 N–H and O–H groups in total. The number of carboxylic acid groups (broad SMARTS) is 1. The van der Waals surface area contributed by atoms with Gasteiger partial charge in [-0.1, -0.05) is 41.4 Å². The molecular formula is C15H11Cl2NO3. The summed E-state index contributed by atoms with van der Waals surface area (Å²) in [7, 11) is 0. The monoisotopic (exact) mass is 323 g/mol. The third-order valence-electron chi connectivity index (χ3n) is 2.92. The molecular weight excluding hydrogens is 313 g/mol. The van der Waals surface area contributed by atoms with Crippen molar-refractivity contribution in [3.05, 3.63) is 63.1 Å². The molecule has 21 heavy (non-hydrogen) atoms. The van der Waals surface area contributed by atoms with Crippen molar-refractivity contribution < 1.29 is 14.7 Å². The lowest BCUT2D eigenvalue weighted by molar-refractivity contribution is 0.0698. The van der Waals surface area contributed by atoms with Crippen molar-refractivity contribution in [2.45, 2.75) is 6.92 Å². The van der Waals surface area contributed by atoms with Crippen LogP contribution >= 0.6 is 23.2 Å². The first kappa shape index (κ1) is 15.4. The molecule has 0 atom stereocenters.